The Bertz CT molecular complexity index is 787. The normalized spacial score (nSPS) is 15.4. The highest BCUT2D eigenvalue weighted by Crippen LogP contribution is 2.36. The first-order chi connectivity index (χ1) is 12.2. The number of carbonyl (C=O) groups excluding carboxylic acids is 1. The predicted octanol–water partition coefficient (Wildman–Crippen LogP) is 3.99. The van der Waals surface area contributed by atoms with E-state index in [-0.39, 0.29) is 11.7 Å². The molecule has 2 N–H and O–H groups in total. The van der Waals surface area contributed by atoms with E-state index < -0.39 is 0 Å². The lowest BCUT2D eigenvalue weighted by molar-refractivity contribution is -0.116. The molecule has 3 rings (SSSR count). The molecule has 1 fully saturated rings. The number of phenols is 1. The SMILES string of the molecule is CCOc1cc(/C=C2\CCNC2=O)cc(CSc2ccccc2)c1O. The topological polar surface area (TPSA) is 58.6 Å². The van der Waals surface area contributed by atoms with Gasteiger partial charge in [-0.2, -0.15) is 0 Å². The summed E-state index contributed by atoms with van der Waals surface area (Å²) < 4.78 is 5.57. The van der Waals surface area contributed by atoms with Crippen LogP contribution in [0, 0.1) is 0 Å². The van der Waals surface area contributed by atoms with Crippen molar-refractivity contribution in [2.24, 2.45) is 0 Å². The molecule has 1 saturated heterocycles. The van der Waals surface area contributed by atoms with Crippen LogP contribution >= 0.6 is 11.8 Å². The summed E-state index contributed by atoms with van der Waals surface area (Å²) in [6, 6.07) is 13.8. The molecule has 0 radical (unpaired) electrons. The van der Waals surface area contributed by atoms with Gasteiger partial charge in [-0.05, 0) is 49.2 Å². The molecule has 1 heterocycles. The fourth-order valence-electron chi connectivity index (χ4n) is 2.70. The molecule has 0 bridgehead atoms. The second kappa shape index (κ2) is 8.12. The molecule has 0 saturated carbocycles. The summed E-state index contributed by atoms with van der Waals surface area (Å²) in [5.41, 5.74) is 2.43. The number of ether oxygens (including phenoxy) is 1. The van der Waals surface area contributed by atoms with Crippen molar-refractivity contribution in [3.8, 4) is 11.5 Å². The third kappa shape index (κ3) is 4.37. The molecule has 1 amide bonds. The Hall–Kier alpha value is -2.40. The van der Waals surface area contributed by atoms with E-state index >= 15 is 0 Å². The summed E-state index contributed by atoms with van der Waals surface area (Å²) in [5, 5.41) is 13.3. The zero-order chi connectivity index (χ0) is 17.6. The third-order valence-electron chi connectivity index (χ3n) is 3.93. The maximum absolute atomic E-state index is 11.8. The van der Waals surface area contributed by atoms with E-state index in [1.807, 2.05) is 49.4 Å². The largest absolute Gasteiger partial charge is 0.504 e. The van der Waals surface area contributed by atoms with Crippen molar-refractivity contribution in [3.05, 3.63) is 59.2 Å². The molecular weight excluding hydrogens is 334 g/mol. The highest BCUT2D eigenvalue weighted by Gasteiger charge is 2.17. The summed E-state index contributed by atoms with van der Waals surface area (Å²) in [7, 11) is 0. The second-order valence-electron chi connectivity index (χ2n) is 5.74. The van der Waals surface area contributed by atoms with Crippen LogP contribution in [-0.4, -0.2) is 24.2 Å². The van der Waals surface area contributed by atoms with Crippen LogP contribution < -0.4 is 10.1 Å². The van der Waals surface area contributed by atoms with Crippen molar-refractivity contribution < 1.29 is 14.6 Å². The van der Waals surface area contributed by atoms with Crippen molar-refractivity contribution in [1.82, 2.24) is 5.32 Å². The number of carbonyl (C=O) groups is 1. The second-order valence-corrected chi connectivity index (χ2v) is 6.79. The number of benzene rings is 2. The predicted molar refractivity (Wildman–Crippen MR) is 101 cm³/mol. The van der Waals surface area contributed by atoms with E-state index in [1.54, 1.807) is 17.8 Å². The van der Waals surface area contributed by atoms with Gasteiger partial charge in [0.15, 0.2) is 11.5 Å². The molecule has 4 nitrogen and oxygen atoms in total. The average molecular weight is 355 g/mol. The lowest BCUT2D eigenvalue weighted by atomic mass is 10.1. The Morgan fingerprint density at radius 1 is 1.28 bits per heavy atom. The van der Waals surface area contributed by atoms with Gasteiger partial charge >= 0.3 is 0 Å². The van der Waals surface area contributed by atoms with Crippen LogP contribution in [0.15, 0.2) is 52.9 Å². The first-order valence-electron chi connectivity index (χ1n) is 8.32. The van der Waals surface area contributed by atoms with Crippen molar-refractivity contribution >= 4 is 23.7 Å². The van der Waals surface area contributed by atoms with Crippen molar-refractivity contribution in [2.75, 3.05) is 13.2 Å². The smallest absolute Gasteiger partial charge is 0.247 e. The Morgan fingerprint density at radius 3 is 2.76 bits per heavy atom. The molecule has 1 aliphatic rings. The number of thioether (sulfide) groups is 1. The molecule has 0 unspecified atom stereocenters. The van der Waals surface area contributed by atoms with Gasteiger partial charge in [0.2, 0.25) is 5.91 Å². The number of nitrogens with one attached hydrogen (secondary N) is 1. The van der Waals surface area contributed by atoms with Gasteiger partial charge < -0.3 is 15.2 Å². The molecule has 0 aromatic heterocycles. The van der Waals surface area contributed by atoms with Crippen molar-refractivity contribution in [3.63, 3.8) is 0 Å². The number of amides is 1. The molecule has 0 aliphatic carbocycles. The van der Waals surface area contributed by atoms with Crippen LogP contribution in [0.25, 0.3) is 6.08 Å². The Balaban J connectivity index is 1.88. The summed E-state index contributed by atoms with van der Waals surface area (Å²) >= 11 is 1.65. The molecule has 130 valence electrons. The van der Waals surface area contributed by atoms with Gasteiger partial charge in [-0.15, -0.1) is 11.8 Å². The van der Waals surface area contributed by atoms with Gasteiger partial charge in [-0.25, -0.2) is 0 Å². The zero-order valence-electron chi connectivity index (χ0n) is 14.1. The summed E-state index contributed by atoms with van der Waals surface area (Å²) in [5.74, 6) is 1.23. The number of rotatable bonds is 6. The minimum absolute atomic E-state index is 0.0220. The molecule has 0 atom stereocenters. The van der Waals surface area contributed by atoms with Crippen LogP contribution in [-0.2, 0) is 10.5 Å². The quantitative estimate of drug-likeness (QED) is 0.608. The summed E-state index contributed by atoms with van der Waals surface area (Å²) in [6.45, 7) is 3.03. The number of aromatic hydroxyl groups is 1. The maximum atomic E-state index is 11.8. The molecule has 5 heteroatoms. The minimum Gasteiger partial charge on any atom is -0.504 e. The standard InChI is InChI=1S/C20H21NO3S/c1-2-24-18-12-14(10-15-8-9-21-20(15)23)11-16(19(18)22)13-25-17-6-4-3-5-7-17/h3-7,10-12,22H,2,8-9,13H2,1H3,(H,21,23)/b15-10+. The Labute approximate surface area is 151 Å². The lowest BCUT2D eigenvalue weighted by Gasteiger charge is -2.12. The molecule has 0 spiro atoms. The van der Waals surface area contributed by atoms with Gasteiger partial charge in [0.25, 0.3) is 0 Å². The van der Waals surface area contributed by atoms with Gasteiger partial charge in [0, 0.05) is 28.3 Å². The lowest BCUT2D eigenvalue weighted by Crippen LogP contribution is -2.13. The van der Waals surface area contributed by atoms with Crippen LogP contribution in [0.3, 0.4) is 0 Å². The third-order valence-corrected chi connectivity index (χ3v) is 4.99. The van der Waals surface area contributed by atoms with Gasteiger partial charge in [0.05, 0.1) is 6.61 Å². The molecule has 1 aliphatic heterocycles. The van der Waals surface area contributed by atoms with Crippen LogP contribution in [0.5, 0.6) is 11.5 Å². The van der Waals surface area contributed by atoms with Gasteiger partial charge in [-0.1, -0.05) is 18.2 Å². The number of hydrogen-bond donors (Lipinski definition) is 2. The van der Waals surface area contributed by atoms with E-state index in [1.165, 1.54) is 0 Å². The average Bonchev–Trinajstić information content (AvgIpc) is 3.02. The highest BCUT2D eigenvalue weighted by molar-refractivity contribution is 7.98. The maximum Gasteiger partial charge on any atom is 0.247 e. The van der Waals surface area contributed by atoms with Crippen LogP contribution in [0.2, 0.25) is 0 Å². The zero-order valence-corrected chi connectivity index (χ0v) is 14.9. The highest BCUT2D eigenvalue weighted by atomic mass is 32.2. The first kappa shape index (κ1) is 17.4. The first-order valence-corrected chi connectivity index (χ1v) is 9.31. The fourth-order valence-corrected chi connectivity index (χ4v) is 3.59. The van der Waals surface area contributed by atoms with E-state index in [4.69, 9.17) is 4.74 Å². The monoisotopic (exact) mass is 355 g/mol. The molecule has 2 aromatic rings. The van der Waals surface area contributed by atoms with Gasteiger partial charge in [-0.3, -0.25) is 4.79 Å². The molecule has 2 aromatic carbocycles. The van der Waals surface area contributed by atoms with E-state index in [9.17, 15) is 9.90 Å². The molecule has 25 heavy (non-hydrogen) atoms. The Kier molecular flexibility index (Phi) is 5.66. The number of hydrogen-bond acceptors (Lipinski definition) is 4. The van der Waals surface area contributed by atoms with Crippen molar-refractivity contribution in [1.29, 1.82) is 0 Å². The van der Waals surface area contributed by atoms with Crippen LogP contribution in [0.1, 0.15) is 24.5 Å². The van der Waals surface area contributed by atoms with E-state index in [2.05, 4.69) is 5.32 Å². The van der Waals surface area contributed by atoms with Crippen molar-refractivity contribution in [2.45, 2.75) is 24.0 Å². The fraction of sp³-hybridized carbons (Fsp3) is 0.250. The summed E-state index contributed by atoms with van der Waals surface area (Å²) in [4.78, 5) is 12.9. The number of phenolic OH excluding ortho intramolecular Hbond substituents is 1. The minimum atomic E-state index is -0.0220. The van der Waals surface area contributed by atoms with E-state index in [0.717, 1.165) is 28.0 Å². The van der Waals surface area contributed by atoms with Gasteiger partial charge in [0.1, 0.15) is 0 Å². The Morgan fingerprint density at radius 2 is 2.08 bits per heavy atom. The van der Waals surface area contributed by atoms with E-state index in [0.29, 0.717) is 24.7 Å². The molecular formula is C20H21NO3S. The summed E-state index contributed by atoms with van der Waals surface area (Å²) in [6.07, 6.45) is 2.60. The van der Waals surface area contributed by atoms with Crippen LogP contribution in [0.4, 0.5) is 0 Å².